The number of rotatable bonds is 13. The molecule has 134 valence electrons. The minimum Gasteiger partial charge on any atom is -0.377 e. The van der Waals surface area contributed by atoms with Crippen LogP contribution in [0.4, 0.5) is 0 Å². The van der Waals surface area contributed by atoms with Gasteiger partial charge in [-0.2, -0.15) is 0 Å². The smallest absolute Gasteiger partial charge is 0.377 e. The third kappa shape index (κ3) is 7.20. The maximum Gasteiger partial charge on any atom is 0.501 e. The van der Waals surface area contributed by atoms with Gasteiger partial charge in [0.05, 0.1) is 0 Å². The van der Waals surface area contributed by atoms with Crippen LogP contribution in [0.1, 0.15) is 13.8 Å². The molecule has 0 amide bonds. The number of hydrogen-bond donors (Lipinski definition) is 0. The lowest BCUT2D eigenvalue weighted by molar-refractivity contribution is 0.123. The Hall–Kier alpha value is 0.894. The highest BCUT2D eigenvalue weighted by Gasteiger charge is 2.41. The highest BCUT2D eigenvalue weighted by Crippen LogP contribution is 2.38. The minimum atomic E-state index is -2.52. The number of hydrogen-bond acceptors (Lipinski definition) is 8. The van der Waals surface area contributed by atoms with E-state index in [1.165, 1.54) is 0 Å². The molecule has 0 N–H and O–H groups in total. The van der Waals surface area contributed by atoms with Crippen molar-refractivity contribution in [3.05, 3.63) is 0 Å². The monoisotopic (exact) mass is 390 g/mol. The van der Waals surface area contributed by atoms with Crippen LogP contribution in [0.5, 0.6) is 0 Å². The van der Waals surface area contributed by atoms with Gasteiger partial charge in [0.2, 0.25) is 0 Å². The van der Waals surface area contributed by atoms with Crippen LogP contribution in [0.3, 0.4) is 0 Å². The Labute approximate surface area is 145 Å². The van der Waals surface area contributed by atoms with Gasteiger partial charge in [-0.25, -0.2) is 0 Å². The minimum absolute atomic E-state index is 0.350. The summed E-state index contributed by atoms with van der Waals surface area (Å²) in [6, 6.07) is 1.53. The SMILES string of the molecule is CO[Si](CC(C)SSC(C)C[Si](OC)(OC)OC)(OC)OC. The Balaban J connectivity index is 4.37. The molecule has 2 unspecified atom stereocenters. The van der Waals surface area contributed by atoms with Crippen LogP contribution in [0, 0.1) is 0 Å². The molecule has 0 aliphatic carbocycles. The fraction of sp³-hybridized carbons (Fsp3) is 1.00. The average molecular weight is 391 g/mol. The zero-order chi connectivity index (χ0) is 17.2. The van der Waals surface area contributed by atoms with E-state index in [1.54, 1.807) is 64.2 Å². The second-order valence-corrected chi connectivity index (χ2v) is 14.0. The Morgan fingerprint density at radius 3 is 1.00 bits per heavy atom. The van der Waals surface area contributed by atoms with Gasteiger partial charge in [0.25, 0.3) is 0 Å². The normalized spacial score (nSPS) is 15.8. The lowest BCUT2D eigenvalue weighted by atomic mass is 10.6. The zero-order valence-corrected chi connectivity index (χ0v) is 18.5. The third-order valence-electron chi connectivity index (χ3n) is 3.33. The fourth-order valence-electron chi connectivity index (χ4n) is 1.96. The largest absolute Gasteiger partial charge is 0.501 e. The second-order valence-electron chi connectivity index (χ2n) is 4.81. The van der Waals surface area contributed by atoms with E-state index in [2.05, 4.69) is 13.8 Å². The summed E-state index contributed by atoms with van der Waals surface area (Å²) in [7, 11) is 8.40. The van der Waals surface area contributed by atoms with Crippen molar-refractivity contribution in [2.45, 2.75) is 36.4 Å². The molecule has 0 saturated heterocycles. The molecule has 0 radical (unpaired) electrons. The maximum atomic E-state index is 5.47. The van der Waals surface area contributed by atoms with Gasteiger partial charge in [-0.3, -0.25) is 0 Å². The molecule has 0 bridgehead atoms. The van der Waals surface area contributed by atoms with E-state index in [0.717, 1.165) is 12.1 Å². The molecular formula is C12H30O6S2Si2. The van der Waals surface area contributed by atoms with Gasteiger partial charge >= 0.3 is 17.6 Å². The Morgan fingerprint density at radius 1 is 0.591 bits per heavy atom. The van der Waals surface area contributed by atoms with Crippen molar-refractivity contribution in [1.29, 1.82) is 0 Å². The molecular weight excluding hydrogens is 360 g/mol. The Morgan fingerprint density at radius 2 is 0.818 bits per heavy atom. The van der Waals surface area contributed by atoms with Gasteiger partial charge in [0.1, 0.15) is 0 Å². The van der Waals surface area contributed by atoms with Crippen LogP contribution in [0.25, 0.3) is 0 Å². The maximum absolute atomic E-state index is 5.47. The van der Waals surface area contributed by atoms with Crippen molar-refractivity contribution < 1.29 is 26.6 Å². The van der Waals surface area contributed by atoms with Crippen LogP contribution < -0.4 is 0 Å². The molecule has 0 saturated carbocycles. The Bertz CT molecular complexity index is 248. The highest BCUT2D eigenvalue weighted by molar-refractivity contribution is 8.77. The lowest BCUT2D eigenvalue weighted by Gasteiger charge is -2.28. The molecule has 0 aromatic carbocycles. The first-order valence-corrected chi connectivity index (χ1v) is 13.1. The van der Waals surface area contributed by atoms with Crippen LogP contribution in [0.2, 0.25) is 12.1 Å². The van der Waals surface area contributed by atoms with Crippen LogP contribution in [-0.4, -0.2) is 70.8 Å². The van der Waals surface area contributed by atoms with Gasteiger partial charge in [0, 0.05) is 65.2 Å². The van der Waals surface area contributed by atoms with Crippen molar-refractivity contribution in [1.82, 2.24) is 0 Å². The van der Waals surface area contributed by atoms with Crippen molar-refractivity contribution in [3.63, 3.8) is 0 Å². The Kier molecular flexibility index (Phi) is 11.9. The van der Waals surface area contributed by atoms with Crippen molar-refractivity contribution in [3.8, 4) is 0 Å². The molecule has 0 aliphatic rings. The molecule has 10 heteroatoms. The van der Waals surface area contributed by atoms with Crippen LogP contribution >= 0.6 is 21.6 Å². The van der Waals surface area contributed by atoms with Crippen LogP contribution in [0.15, 0.2) is 0 Å². The first kappa shape index (κ1) is 22.9. The van der Waals surface area contributed by atoms with Crippen molar-refractivity contribution in [2.75, 3.05) is 42.7 Å². The molecule has 0 fully saturated rings. The molecule has 0 aliphatic heterocycles. The molecule has 2 atom stereocenters. The van der Waals surface area contributed by atoms with Crippen LogP contribution in [-0.2, 0) is 26.6 Å². The first-order valence-electron chi connectivity index (χ1n) is 6.99. The lowest BCUT2D eigenvalue weighted by Crippen LogP contribution is -2.45. The predicted molar refractivity (Wildman–Crippen MR) is 97.3 cm³/mol. The third-order valence-corrected chi connectivity index (χ3v) is 13.3. The van der Waals surface area contributed by atoms with Gasteiger partial charge in [-0.1, -0.05) is 35.4 Å². The predicted octanol–water partition coefficient (Wildman–Crippen LogP) is 2.90. The van der Waals surface area contributed by atoms with Gasteiger partial charge in [-0.15, -0.1) is 0 Å². The summed E-state index contributed by atoms with van der Waals surface area (Å²) >= 11 is 0. The van der Waals surface area contributed by atoms with Crippen molar-refractivity contribution in [2.24, 2.45) is 0 Å². The molecule has 0 aromatic heterocycles. The summed E-state index contributed by atoms with van der Waals surface area (Å²) in [5, 5.41) is 0.699. The summed E-state index contributed by atoms with van der Waals surface area (Å²) in [6.45, 7) is 4.30. The zero-order valence-electron chi connectivity index (χ0n) is 14.8. The molecule has 22 heavy (non-hydrogen) atoms. The van der Waals surface area contributed by atoms with E-state index < -0.39 is 17.6 Å². The van der Waals surface area contributed by atoms with E-state index in [4.69, 9.17) is 26.6 Å². The fourth-order valence-corrected chi connectivity index (χ4v) is 9.88. The molecule has 0 rings (SSSR count). The molecule has 0 aromatic rings. The highest BCUT2D eigenvalue weighted by atomic mass is 33.1. The van der Waals surface area contributed by atoms with Crippen molar-refractivity contribution >= 4 is 39.2 Å². The summed E-state index contributed by atoms with van der Waals surface area (Å²) in [5.41, 5.74) is 0. The van der Waals surface area contributed by atoms with E-state index in [1.807, 2.05) is 0 Å². The molecule has 6 nitrogen and oxygen atoms in total. The standard InChI is InChI=1S/C12H30O6S2Si2/c1-11(9-21(13-3,14-4)15-5)19-20-12(2)10-22(16-6,17-7)18-8/h11-12H,9-10H2,1-8H3. The second kappa shape index (κ2) is 11.4. The van der Waals surface area contributed by atoms with E-state index in [0.29, 0.717) is 10.5 Å². The molecule has 0 heterocycles. The summed E-state index contributed by atoms with van der Waals surface area (Å²) in [5.74, 6) is 0. The topological polar surface area (TPSA) is 55.4 Å². The summed E-state index contributed by atoms with van der Waals surface area (Å²) < 4.78 is 32.8. The quantitative estimate of drug-likeness (QED) is 0.351. The van der Waals surface area contributed by atoms with E-state index in [-0.39, 0.29) is 0 Å². The summed E-state index contributed by atoms with van der Waals surface area (Å²) in [4.78, 5) is 0. The van der Waals surface area contributed by atoms with E-state index >= 15 is 0 Å². The first-order chi connectivity index (χ1) is 10.4. The molecule has 0 spiro atoms. The van der Waals surface area contributed by atoms with Gasteiger partial charge < -0.3 is 26.6 Å². The average Bonchev–Trinajstić information content (AvgIpc) is 2.56. The van der Waals surface area contributed by atoms with E-state index in [9.17, 15) is 0 Å². The van der Waals surface area contributed by atoms with Gasteiger partial charge in [-0.05, 0) is 0 Å². The summed E-state index contributed by atoms with van der Waals surface area (Å²) in [6.07, 6.45) is 0. The van der Waals surface area contributed by atoms with Gasteiger partial charge in [0.15, 0.2) is 0 Å².